The number of rotatable bonds is 6. The predicted octanol–water partition coefficient (Wildman–Crippen LogP) is 3.60. The fraction of sp³-hybridized carbons (Fsp3) is 0.500. The summed E-state index contributed by atoms with van der Waals surface area (Å²) < 4.78 is 11.6. The molecule has 1 amide bonds. The van der Waals surface area contributed by atoms with E-state index in [1.165, 1.54) is 6.92 Å². The van der Waals surface area contributed by atoms with Crippen LogP contribution in [0.2, 0.25) is 0 Å². The summed E-state index contributed by atoms with van der Waals surface area (Å²) in [6.07, 6.45) is -0.463. The van der Waals surface area contributed by atoms with E-state index in [9.17, 15) is 9.59 Å². The van der Waals surface area contributed by atoms with Gasteiger partial charge in [-0.1, -0.05) is 34.7 Å². The minimum atomic E-state index is -0.531. The maximum Gasteiger partial charge on any atom is 0.408 e. The predicted molar refractivity (Wildman–Crippen MR) is 94.0 cm³/mol. The number of ether oxygens (including phenoxy) is 2. The van der Waals surface area contributed by atoms with Crippen LogP contribution in [-0.4, -0.2) is 34.6 Å². The number of Topliss-reactive ketones (excluding diaryl/α,β-unsaturated/α-hetero) is 1. The van der Waals surface area contributed by atoms with E-state index in [-0.39, 0.29) is 11.8 Å². The van der Waals surface area contributed by atoms with Crippen LogP contribution in [-0.2, 0) is 4.74 Å². The van der Waals surface area contributed by atoms with Crippen LogP contribution in [0.25, 0.3) is 0 Å². The van der Waals surface area contributed by atoms with Gasteiger partial charge in [-0.2, -0.15) is 0 Å². The molecule has 0 fully saturated rings. The molecule has 6 heteroatoms. The molecule has 0 unspecified atom stereocenters. The molecule has 1 N–H and O–H groups in total. The van der Waals surface area contributed by atoms with Gasteiger partial charge in [0.25, 0.3) is 0 Å². The molecule has 0 heterocycles. The van der Waals surface area contributed by atoms with Gasteiger partial charge in [-0.25, -0.2) is 4.79 Å². The SMILES string of the molecule is CC(=O)c1cccc(OC[C@H](CI)NC(=O)OC(C)(C)C)c1. The standard InChI is InChI=1S/C16H22INO4/c1-11(19)12-6-5-7-14(8-12)21-10-13(9-17)18-15(20)22-16(2,3)4/h5-8,13H,9-10H2,1-4H3,(H,18,20)/t13-/m0/s1. The van der Waals surface area contributed by atoms with E-state index in [1.807, 2.05) is 20.8 Å². The summed E-state index contributed by atoms with van der Waals surface area (Å²) in [4.78, 5) is 23.1. The van der Waals surface area contributed by atoms with Crippen molar-refractivity contribution in [3.63, 3.8) is 0 Å². The third-order valence-electron chi connectivity index (χ3n) is 2.60. The number of carbonyl (C=O) groups is 2. The Labute approximate surface area is 144 Å². The number of alkyl halides is 1. The van der Waals surface area contributed by atoms with E-state index in [2.05, 4.69) is 27.9 Å². The summed E-state index contributed by atoms with van der Waals surface area (Å²) in [5.41, 5.74) is 0.0694. The van der Waals surface area contributed by atoms with Crippen molar-refractivity contribution in [3.8, 4) is 5.75 Å². The summed E-state index contributed by atoms with van der Waals surface area (Å²) in [6, 6.07) is 6.82. The molecule has 1 aromatic rings. The van der Waals surface area contributed by atoms with Crippen molar-refractivity contribution in [3.05, 3.63) is 29.8 Å². The van der Waals surface area contributed by atoms with Crippen molar-refractivity contribution in [2.24, 2.45) is 0 Å². The molecule has 0 spiro atoms. The molecule has 0 radical (unpaired) electrons. The topological polar surface area (TPSA) is 64.6 Å². The van der Waals surface area contributed by atoms with Gasteiger partial charge in [0, 0.05) is 9.99 Å². The molecule has 0 aliphatic carbocycles. The Morgan fingerprint density at radius 1 is 1.32 bits per heavy atom. The van der Waals surface area contributed by atoms with E-state index in [0.29, 0.717) is 22.3 Å². The molecule has 122 valence electrons. The summed E-state index contributed by atoms with van der Waals surface area (Å²) in [5.74, 6) is 0.594. The lowest BCUT2D eigenvalue weighted by Crippen LogP contribution is -2.43. The third-order valence-corrected chi connectivity index (χ3v) is 3.66. The van der Waals surface area contributed by atoms with Gasteiger partial charge in [-0.05, 0) is 39.8 Å². The van der Waals surface area contributed by atoms with Crippen molar-refractivity contribution in [1.82, 2.24) is 5.32 Å². The summed E-state index contributed by atoms with van der Waals surface area (Å²) in [7, 11) is 0. The van der Waals surface area contributed by atoms with E-state index in [1.54, 1.807) is 24.3 Å². The van der Waals surface area contributed by atoms with Gasteiger partial charge >= 0.3 is 6.09 Å². The van der Waals surface area contributed by atoms with Crippen molar-refractivity contribution in [1.29, 1.82) is 0 Å². The lowest BCUT2D eigenvalue weighted by molar-refractivity contribution is 0.0496. The van der Waals surface area contributed by atoms with Gasteiger partial charge in [-0.15, -0.1) is 0 Å². The zero-order valence-corrected chi connectivity index (χ0v) is 15.5. The largest absolute Gasteiger partial charge is 0.491 e. The number of nitrogens with one attached hydrogen (secondary N) is 1. The van der Waals surface area contributed by atoms with E-state index >= 15 is 0 Å². The Morgan fingerprint density at radius 2 is 2.00 bits per heavy atom. The molecule has 0 aliphatic heterocycles. The second-order valence-electron chi connectivity index (χ2n) is 5.89. The van der Waals surface area contributed by atoms with Gasteiger partial charge in [0.2, 0.25) is 0 Å². The third kappa shape index (κ3) is 7.11. The maximum atomic E-state index is 11.7. The average Bonchev–Trinajstić information content (AvgIpc) is 2.41. The number of ketones is 1. The van der Waals surface area contributed by atoms with Crippen molar-refractivity contribution in [2.45, 2.75) is 39.3 Å². The molecular formula is C16H22INO4. The Hall–Kier alpha value is -1.31. The summed E-state index contributed by atoms with van der Waals surface area (Å²) in [5, 5.41) is 2.77. The monoisotopic (exact) mass is 419 g/mol. The molecule has 0 saturated carbocycles. The first-order valence-electron chi connectivity index (χ1n) is 7.00. The van der Waals surface area contributed by atoms with Crippen molar-refractivity contribution < 1.29 is 19.1 Å². The first kappa shape index (κ1) is 18.7. The molecular weight excluding hydrogens is 397 g/mol. The van der Waals surface area contributed by atoms with Crippen LogP contribution >= 0.6 is 22.6 Å². The van der Waals surface area contributed by atoms with Gasteiger partial charge in [0.1, 0.15) is 18.0 Å². The minimum Gasteiger partial charge on any atom is -0.491 e. The van der Waals surface area contributed by atoms with Crippen LogP contribution in [0.5, 0.6) is 5.75 Å². The molecule has 5 nitrogen and oxygen atoms in total. The van der Waals surface area contributed by atoms with Crippen LogP contribution in [0, 0.1) is 0 Å². The minimum absolute atomic E-state index is 0.0113. The first-order chi connectivity index (χ1) is 10.2. The Kier molecular flexibility index (Phi) is 7.12. The molecule has 0 aromatic heterocycles. The number of hydrogen-bond donors (Lipinski definition) is 1. The number of hydrogen-bond acceptors (Lipinski definition) is 4. The molecule has 0 saturated heterocycles. The van der Waals surface area contributed by atoms with E-state index in [0.717, 1.165) is 0 Å². The van der Waals surface area contributed by atoms with Crippen LogP contribution in [0.4, 0.5) is 4.79 Å². The first-order valence-corrected chi connectivity index (χ1v) is 8.53. The summed E-state index contributed by atoms with van der Waals surface area (Å²) >= 11 is 2.18. The average molecular weight is 419 g/mol. The second-order valence-corrected chi connectivity index (χ2v) is 6.77. The number of halogens is 1. The van der Waals surface area contributed by atoms with Crippen LogP contribution in [0.15, 0.2) is 24.3 Å². The second kappa shape index (κ2) is 8.36. The van der Waals surface area contributed by atoms with E-state index < -0.39 is 11.7 Å². The zero-order chi connectivity index (χ0) is 16.8. The number of carbonyl (C=O) groups excluding carboxylic acids is 2. The Bertz CT molecular complexity index is 525. The van der Waals surface area contributed by atoms with Gasteiger partial charge in [0.15, 0.2) is 5.78 Å². The molecule has 1 aromatic carbocycles. The fourth-order valence-corrected chi connectivity index (χ4v) is 2.08. The Morgan fingerprint density at radius 3 is 2.55 bits per heavy atom. The highest BCUT2D eigenvalue weighted by molar-refractivity contribution is 14.1. The van der Waals surface area contributed by atoms with Gasteiger partial charge in [0.05, 0.1) is 6.04 Å². The van der Waals surface area contributed by atoms with Crippen LogP contribution in [0.3, 0.4) is 0 Å². The molecule has 0 aliphatic rings. The highest BCUT2D eigenvalue weighted by atomic mass is 127. The molecule has 0 bridgehead atoms. The zero-order valence-electron chi connectivity index (χ0n) is 13.3. The van der Waals surface area contributed by atoms with Gasteiger partial charge in [-0.3, -0.25) is 4.79 Å². The van der Waals surface area contributed by atoms with Gasteiger partial charge < -0.3 is 14.8 Å². The molecule has 22 heavy (non-hydrogen) atoms. The van der Waals surface area contributed by atoms with E-state index in [4.69, 9.17) is 9.47 Å². The van der Waals surface area contributed by atoms with Crippen molar-refractivity contribution in [2.75, 3.05) is 11.0 Å². The quantitative estimate of drug-likeness (QED) is 0.435. The number of benzene rings is 1. The van der Waals surface area contributed by atoms with Crippen LogP contribution in [0.1, 0.15) is 38.1 Å². The lowest BCUT2D eigenvalue weighted by atomic mass is 10.1. The molecule has 1 rings (SSSR count). The lowest BCUT2D eigenvalue weighted by Gasteiger charge is -2.23. The maximum absolute atomic E-state index is 11.7. The summed E-state index contributed by atoms with van der Waals surface area (Å²) in [6.45, 7) is 7.26. The normalized spacial score (nSPS) is 12.4. The van der Waals surface area contributed by atoms with Crippen molar-refractivity contribution >= 4 is 34.5 Å². The molecule has 1 atom stereocenters. The highest BCUT2D eigenvalue weighted by Gasteiger charge is 2.19. The highest BCUT2D eigenvalue weighted by Crippen LogP contribution is 2.14. The fourth-order valence-electron chi connectivity index (χ4n) is 1.60. The smallest absolute Gasteiger partial charge is 0.408 e. The Balaban J connectivity index is 2.55. The number of alkyl carbamates (subject to hydrolysis) is 1. The van der Waals surface area contributed by atoms with Crippen LogP contribution < -0.4 is 10.1 Å². The number of amides is 1.